The van der Waals surface area contributed by atoms with Crippen LogP contribution in [-0.2, 0) is 4.79 Å². The van der Waals surface area contributed by atoms with Crippen LogP contribution in [0.1, 0.15) is 17.3 Å². The lowest BCUT2D eigenvalue weighted by molar-refractivity contribution is -0.117. The normalized spacial score (nSPS) is 10.6. The standard InChI is InChI=1S/C26H24N4O4S/c1-3-34-22-15-11-20(12-16-22)30-24(18-9-13-21(33-2)14-10-18)28-29-26(30)35-17-23(31)27-25(32)19-7-5-4-6-8-19/h4-16H,3,17H2,1-2H3,(H,27,31,32). The van der Waals surface area contributed by atoms with E-state index in [0.717, 1.165) is 22.7 Å². The average molecular weight is 489 g/mol. The van der Waals surface area contributed by atoms with E-state index in [0.29, 0.717) is 23.2 Å². The van der Waals surface area contributed by atoms with Crippen LogP contribution < -0.4 is 14.8 Å². The van der Waals surface area contributed by atoms with Crippen LogP contribution in [-0.4, -0.2) is 46.0 Å². The van der Waals surface area contributed by atoms with Crippen LogP contribution in [0.2, 0.25) is 0 Å². The monoisotopic (exact) mass is 488 g/mol. The van der Waals surface area contributed by atoms with E-state index < -0.39 is 11.8 Å². The Hall–Kier alpha value is -4.11. The van der Waals surface area contributed by atoms with Gasteiger partial charge >= 0.3 is 0 Å². The SMILES string of the molecule is CCOc1ccc(-n2c(SCC(=O)NC(=O)c3ccccc3)nnc2-c2ccc(OC)cc2)cc1. The summed E-state index contributed by atoms with van der Waals surface area (Å²) in [5, 5.41) is 11.6. The minimum absolute atomic E-state index is 0.00362. The van der Waals surface area contributed by atoms with Crippen molar-refractivity contribution in [2.45, 2.75) is 12.1 Å². The van der Waals surface area contributed by atoms with E-state index in [1.54, 1.807) is 31.4 Å². The van der Waals surface area contributed by atoms with Gasteiger partial charge in [0, 0.05) is 16.8 Å². The second kappa shape index (κ2) is 11.3. The van der Waals surface area contributed by atoms with Crippen LogP contribution in [0.4, 0.5) is 0 Å². The van der Waals surface area contributed by atoms with Gasteiger partial charge in [0.05, 0.1) is 19.5 Å². The molecule has 0 atom stereocenters. The number of aromatic nitrogens is 3. The molecule has 0 unspecified atom stereocenters. The molecule has 1 N–H and O–H groups in total. The van der Waals surface area contributed by atoms with Gasteiger partial charge in [-0.05, 0) is 67.6 Å². The molecule has 0 radical (unpaired) electrons. The molecule has 4 aromatic rings. The molecule has 0 saturated carbocycles. The Balaban J connectivity index is 1.58. The molecule has 0 aliphatic rings. The van der Waals surface area contributed by atoms with Crippen molar-refractivity contribution in [2.75, 3.05) is 19.5 Å². The van der Waals surface area contributed by atoms with Crippen molar-refractivity contribution >= 4 is 23.6 Å². The van der Waals surface area contributed by atoms with Crippen molar-refractivity contribution in [3.05, 3.63) is 84.4 Å². The third-order valence-electron chi connectivity index (χ3n) is 5.01. The maximum atomic E-state index is 12.5. The van der Waals surface area contributed by atoms with Crippen molar-refractivity contribution in [3.8, 4) is 28.6 Å². The van der Waals surface area contributed by atoms with E-state index in [9.17, 15) is 9.59 Å². The number of thioether (sulfide) groups is 1. The molecule has 0 aliphatic heterocycles. The number of carbonyl (C=O) groups is 2. The Kier molecular flexibility index (Phi) is 7.79. The summed E-state index contributed by atoms with van der Waals surface area (Å²) in [5.74, 6) is 1.23. The van der Waals surface area contributed by atoms with Crippen molar-refractivity contribution in [2.24, 2.45) is 0 Å². The summed E-state index contributed by atoms with van der Waals surface area (Å²) < 4.78 is 12.7. The Morgan fingerprint density at radius 3 is 2.26 bits per heavy atom. The molecule has 0 spiro atoms. The van der Waals surface area contributed by atoms with Crippen molar-refractivity contribution < 1.29 is 19.1 Å². The number of methoxy groups -OCH3 is 1. The van der Waals surface area contributed by atoms with Gasteiger partial charge in [-0.1, -0.05) is 30.0 Å². The minimum atomic E-state index is -0.442. The van der Waals surface area contributed by atoms with Crippen LogP contribution in [0, 0.1) is 0 Å². The first-order valence-electron chi connectivity index (χ1n) is 10.9. The zero-order chi connectivity index (χ0) is 24.6. The van der Waals surface area contributed by atoms with Gasteiger partial charge in [0.15, 0.2) is 11.0 Å². The molecule has 4 rings (SSSR count). The van der Waals surface area contributed by atoms with E-state index in [1.807, 2.05) is 66.1 Å². The van der Waals surface area contributed by atoms with E-state index in [1.165, 1.54) is 11.8 Å². The van der Waals surface area contributed by atoms with Crippen LogP contribution in [0.5, 0.6) is 11.5 Å². The summed E-state index contributed by atoms with van der Waals surface area (Å²) >= 11 is 1.19. The summed E-state index contributed by atoms with van der Waals surface area (Å²) in [6, 6.07) is 23.6. The van der Waals surface area contributed by atoms with Gasteiger partial charge in [-0.15, -0.1) is 10.2 Å². The smallest absolute Gasteiger partial charge is 0.257 e. The fourth-order valence-electron chi connectivity index (χ4n) is 3.34. The number of nitrogens with one attached hydrogen (secondary N) is 1. The molecule has 0 bridgehead atoms. The molecule has 0 aliphatic carbocycles. The van der Waals surface area contributed by atoms with Gasteiger partial charge in [-0.3, -0.25) is 19.5 Å². The zero-order valence-corrected chi connectivity index (χ0v) is 20.1. The van der Waals surface area contributed by atoms with Gasteiger partial charge in [0.2, 0.25) is 5.91 Å². The highest BCUT2D eigenvalue weighted by molar-refractivity contribution is 7.99. The summed E-state index contributed by atoms with van der Waals surface area (Å²) in [4.78, 5) is 24.8. The number of nitrogens with zero attached hydrogens (tertiary/aromatic N) is 3. The van der Waals surface area contributed by atoms with Crippen LogP contribution in [0.15, 0.2) is 84.0 Å². The summed E-state index contributed by atoms with van der Waals surface area (Å²) in [6.07, 6.45) is 0. The predicted octanol–water partition coefficient (Wildman–Crippen LogP) is 4.39. The number of hydrogen-bond acceptors (Lipinski definition) is 7. The summed E-state index contributed by atoms with van der Waals surface area (Å²) in [6.45, 7) is 2.50. The third kappa shape index (κ3) is 5.88. The fraction of sp³-hybridized carbons (Fsp3) is 0.154. The highest BCUT2D eigenvalue weighted by Gasteiger charge is 2.18. The Morgan fingerprint density at radius 1 is 0.914 bits per heavy atom. The Labute approximate surface area is 207 Å². The molecule has 1 heterocycles. The maximum absolute atomic E-state index is 12.5. The maximum Gasteiger partial charge on any atom is 0.257 e. The van der Waals surface area contributed by atoms with E-state index in [-0.39, 0.29) is 5.75 Å². The topological polar surface area (TPSA) is 95.3 Å². The molecule has 178 valence electrons. The highest BCUT2D eigenvalue weighted by atomic mass is 32.2. The second-order valence-corrected chi connectivity index (χ2v) is 8.27. The van der Waals surface area contributed by atoms with Gasteiger partial charge in [-0.25, -0.2) is 0 Å². The Bertz CT molecular complexity index is 1290. The number of amides is 2. The average Bonchev–Trinajstić information content (AvgIpc) is 3.32. The molecule has 2 amide bonds. The van der Waals surface area contributed by atoms with E-state index in [4.69, 9.17) is 9.47 Å². The highest BCUT2D eigenvalue weighted by Crippen LogP contribution is 2.29. The van der Waals surface area contributed by atoms with Crippen LogP contribution in [0.3, 0.4) is 0 Å². The number of hydrogen-bond donors (Lipinski definition) is 1. The van der Waals surface area contributed by atoms with Gasteiger partial charge in [-0.2, -0.15) is 0 Å². The van der Waals surface area contributed by atoms with Gasteiger partial charge in [0.1, 0.15) is 11.5 Å². The summed E-state index contributed by atoms with van der Waals surface area (Å²) in [7, 11) is 1.61. The van der Waals surface area contributed by atoms with E-state index in [2.05, 4.69) is 15.5 Å². The quantitative estimate of drug-likeness (QED) is 0.349. The van der Waals surface area contributed by atoms with E-state index >= 15 is 0 Å². The molecule has 1 aromatic heterocycles. The van der Waals surface area contributed by atoms with Gasteiger partial charge < -0.3 is 9.47 Å². The summed E-state index contributed by atoms with van der Waals surface area (Å²) in [5.41, 5.74) is 2.07. The number of benzene rings is 3. The van der Waals surface area contributed by atoms with Crippen molar-refractivity contribution in [3.63, 3.8) is 0 Å². The zero-order valence-electron chi connectivity index (χ0n) is 19.3. The molecule has 35 heavy (non-hydrogen) atoms. The molecule has 0 saturated heterocycles. The largest absolute Gasteiger partial charge is 0.497 e. The van der Waals surface area contributed by atoms with Crippen molar-refractivity contribution in [1.29, 1.82) is 0 Å². The van der Waals surface area contributed by atoms with Crippen LogP contribution in [0.25, 0.3) is 17.1 Å². The molecule has 0 fully saturated rings. The van der Waals surface area contributed by atoms with Gasteiger partial charge in [0.25, 0.3) is 5.91 Å². The second-order valence-electron chi connectivity index (χ2n) is 7.33. The molecule has 8 nitrogen and oxygen atoms in total. The fourth-order valence-corrected chi connectivity index (χ4v) is 4.09. The predicted molar refractivity (Wildman–Crippen MR) is 134 cm³/mol. The molecular formula is C26H24N4O4S. The first-order valence-corrected chi connectivity index (χ1v) is 11.9. The number of ether oxygens (including phenoxy) is 2. The minimum Gasteiger partial charge on any atom is -0.497 e. The third-order valence-corrected chi connectivity index (χ3v) is 5.94. The number of imide groups is 1. The lowest BCUT2D eigenvalue weighted by atomic mass is 10.2. The van der Waals surface area contributed by atoms with Crippen LogP contribution >= 0.6 is 11.8 Å². The Morgan fingerprint density at radius 2 is 1.60 bits per heavy atom. The first-order chi connectivity index (χ1) is 17.1. The lowest BCUT2D eigenvalue weighted by Gasteiger charge is -2.12. The number of carbonyl (C=O) groups excluding carboxylic acids is 2. The molecular weight excluding hydrogens is 464 g/mol. The van der Waals surface area contributed by atoms with Crippen molar-refractivity contribution in [1.82, 2.24) is 20.1 Å². The first kappa shape index (κ1) is 24.0. The molecule has 9 heteroatoms. The lowest BCUT2D eigenvalue weighted by Crippen LogP contribution is -2.31. The molecule has 3 aromatic carbocycles. The number of rotatable bonds is 9.